The zero-order chi connectivity index (χ0) is 14.0. The summed E-state index contributed by atoms with van der Waals surface area (Å²) in [5.41, 5.74) is 8.38. The molecule has 2 rings (SSSR count). The number of hydrogen-bond donors (Lipinski definition) is 1. The van der Waals surface area contributed by atoms with Crippen molar-refractivity contribution in [2.45, 2.75) is 52.1 Å². The standard InChI is InChI=1S/C16H24N2O/c1-11(2)10-14(17)16(19)18-12(3)8-9-13-6-4-5-7-15(13)18/h4-7,11-12,14H,8-10,17H2,1-3H3/t12?,14-/m1/s1. The van der Waals surface area contributed by atoms with Crippen molar-refractivity contribution in [3.8, 4) is 0 Å². The molecule has 104 valence electrons. The number of nitrogens with two attached hydrogens (primary N) is 1. The number of carbonyl (C=O) groups is 1. The number of nitrogens with zero attached hydrogens (tertiary/aromatic N) is 1. The zero-order valence-electron chi connectivity index (χ0n) is 12.1. The van der Waals surface area contributed by atoms with Gasteiger partial charge in [-0.15, -0.1) is 0 Å². The summed E-state index contributed by atoms with van der Waals surface area (Å²) in [6.45, 7) is 6.30. The molecule has 2 N–H and O–H groups in total. The summed E-state index contributed by atoms with van der Waals surface area (Å²) in [5, 5.41) is 0. The molecule has 1 amide bonds. The van der Waals surface area contributed by atoms with Crippen LogP contribution in [0.5, 0.6) is 0 Å². The van der Waals surface area contributed by atoms with Crippen LogP contribution in [0.15, 0.2) is 24.3 Å². The summed E-state index contributed by atoms with van der Waals surface area (Å²) < 4.78 is 0. The number of carbonyl (C=O) groups excluding carboxylic acids is 1. The first-order valence-corrected chi connectivity index (χ1v) is 7.17. The number of hydrogen-bond acceptors (Lipinski definition) is 2. The molecule has 0 spiro atoms. The van der Waals surface area contributed by atoms with Crippen molar-refractivity contribution in [1.82, 2.24) is 0 Å². The normalized spacial score (nSPS) is 20.3. The molecule has 0 saturated heterocycles. The Labute approximate surface area is 115 Å². The fourth-order valence-corrected chi connectivity index (χ4v) is 2.81. The predicted molar refractivity (Wildman–Crippen MR) is 79.1 cm³/mol. The molecule has 0 aliphatic carbocycles. The quantitative estimate of drug-likeness (QED) is 0.908. The van der Waals surface area contributed by atoms with Gasteiger partial charge in [0.05, 0.1) is 6.04 Å². The molecule has 0 radical (unpaired) electrons. The smallest absolute Gasteiger partial charge is 0.244 e. The van der Waals surface area contributed by atoms with E-state index in [9.17, 15) is 4.79 Å². The second kappa shape index (κ2) is 5.74. The third-order valence-corrected chi connectivity index (χ3v) is 3.80. The minimum Gasteiger partial charge on any atom is -0.320 e. The lowest BCUT2D eigenvalue weighted by atomic mass is 9.94. The molecular weight excluding hydrogens is 236 g/mol. The number of rotatable bonds is 3. The van der Waals surface area contributed by atoms with Crippen molar-refractivity contribution in [1.29, 1.82) is 0 Å². The highest BCUT2D eigenvalue weighted by Gasteiger charge is 2.31. The van der Waals surface area contributed by atoms with Gasteiger partial charge in [-0.2, -0.15) is 0 Å². The highest BCUT2D eigenvalue weighted by molar-refractivity contribution is 5.98. The molecule has 1 aromatic rings. The average Bonchev–Trinajstić information content (AvgIpc) is 2.37. The summed E-state index contributed by atoms with van der Waals surface area (Å²) in [6.07, 6.45) is 2.79. The van der Waals surface area contributed by atoms with E-state index in [0.29, 0.717) is 5.92 Å². The van der Waals surface area contributed by atoms with Crippen molar-refractivity contribution >= 4 is 11.6 Å². The predicted octanol–water partition coefficient (Wildman–Crippen LogP) is 2.73. The van der Waals surface area contributed by atoms with Gasteiger partial charge in [0, 0.05) is 11.7 Å². The fourth-order valence-electron chi connectivity index (χ4n) is 2.81. The summed E-state index contributed by atoms with van der Waals surface area (Å²) >= 11 is 0. The molecule has 1 aromatic carbocycles. The number of para-hydroxylation sites is 1. The first-order valence-electron chi connectivity index (χ1n) is 7.17. The maximum Gasteiger partial charge on any atom is 0.244 e. The third kappa shape index (κ3) is 2.98. The van der Waals surface area contributed by atoms with Gasteiger partial charge < -0.3 is 10.6 Å². The van der Waals surface area contributed by atoms with Crippen molar-refractivity contribution in [2.24, 2.45) is 11.7 Å². The Morgan fingerprint density at radius 2 is 2.11 bits per heavy atom. The Balaban J connectivity index is 2.25. The lowest BCUT2D eigenvalue weighted by Gasteiger charge is -2.37. The number of aryl methyl sites for hydroxylation is 1. The Bertz CT molecular complexity index is 456. The van der Waals surface area contributed by atoms with Crippen LogP contribution in [0.4, 0.5) is 5.69 Å². The first kappa shape index (κ1) is 14.1. The lowest BCUT2D eigenvalue weighted by Crippen LogP contribution is -2.50. The number of amides is 1. The lowest BCUT2D eigenvalue weighted by molar-refractivity contribution is -0.120. The van der Waals surface area contributed by atoms with Gasteiger partial charge in [0.2, 0.25) is 5.91 Å². The van der Waals surface area contributed by atoms with Crippen LogP contribution in [0.25, 0.3) is 0 Å². The van der Waals surface area contributed by atoms with E-state index in [1.807, 2.05) is 23.1 Å². The van der Waals surface area contributed by atoms with E-state index in [0.717, 1.165) is 24.9 Å². The van der Waals surface area contributed by atoms with Crippen LogP contribution in [0.1, 0.15) is 39.2 Å². The molecule has 3 heteroatoms. The molecule has 1 aliphatic heterocycles. The van der Waals surface area contributed by atoms with Gasteiger partial charge in [-0.25, -0.2) is 0 Å². The molecule has 0 aromatic heterocycles. The van der Waals surface area contributed by atoms with Crippen molar-refractivity contribution in [2.75, 3.05) is 4.90 Å². The molecule has 2 atom stereocenters. The molecule has 0 saturated carbocycles. The van der Waals surface area contributed by atoms with Gasteiger partial charge in [-0.05, 0) is 43.7 Å². The maximum absolute atomic E-state index is 12.6. The van der Waals surface area contributed by atoms with E-state index in [1.165, 1.54) is 5.56 Å². The van der Waals surface area contributed by atoms with Crippen molar-refractivity contribution in [3.05, 3.63) is 29.8 Å². The fraction of sp³-hybridized carbons (Fsp3) is 0.562. The molecule has 1 aliphatic rings. The molecular formula is C16H24N2O. The minimum atomic E-state index is -0.395. The summed E-state index contributed by atoms with van der Waals surface area (Å²) in [4.78, 5) is 14.5. The van der Waals surface area contributed by atoms with E-state index in [4.69, 9.17) is 5.73 Å². The van der Waals surface area contributed by atoms with Crippen LogP contribution in [0.2, 0.25) is 0 Å². The highest BCUT2D eigenvalue weighted by Crippen LogP contribution is 2.31. The highest BCUT2D eigenvalue weighted by atomic mass is 16.2. The molecule has 0 fully saturated rings. The second-order valence-electron chi connectivity index (χ2n) is 5.96. The summed E-state index contributed by atoms with van der Waals surface area (Å²) in [5.74, 6) is 0.502. The Morgan fingerprint density at radius 1 is 1.42 bits per heavy atom. The topological polar surface area (TPSA) is 46.3 Å². The van der Waals surface area contributed by atoms with Gasteiger partial charge >= 0.3 is 0 Å². The third-order valence-electron chi connectivity index (χ3n) is 3.80. The number of benzene rings is 1. The van der Waals surface area contributed by atoms with E-state index in [-0.39, 0.29) is 11.9 Å². The van der Waals surface area contributed by atoms with E-state index in [1.54, 1.807) is 0 Å². The van der Waals surface area contributed by atoms with E-state index in [2.05, 4.69) is 26.8 Å². The van der Waals surface area contributed by atoms with Crippen LogP contribution in [0.3, 0.4) is 0 Å². The number of fused-ring (bicyclic) bond motifs is 1. The zero-order valence-corrected chi connectivity index (χ0v) is 12.1. The molecule has 0 bridgehead atoms. The van der Waals surface area contributed by atoms with Gasteiger partial charge in [0.1, 0.15) is 0 Å². The van der Waals surface area contributed by atoms with Crippen LogP contribution in [-0.4, -0.2) is 18.0 Å². The maximum atomic E-state index is 12.6. The Morgan fingerprint density at radius 3 is 2.79 bits per heavy atom. The Kier molecular flexibility index (Phi) is 4.25. The average molecular weight is 260 g/mol. The Hall–Kier alpha value is -1.35. The number of anilines is 1. The van der Waals surface area contributed by atoms with Crippen LogP contribution in [-0.2, 0) is 11.2 Å². The largest absolute Gasteiger partial charge is 0.320 e. The summed E-state index contributed by atoms with van der Waals surface area (Å²) in [6, 6.07) is 8.01. The van der Waals surface area contributed by atoms with Crippen LogP contribution < -0.4 is 10.6 Å². The molecule has 1 unspecified atom stereocenters. The SMILES string of the molecule is CC(C)C[C@@H](N)C(=O)N1c2ccccc2CCC1C. The van der Waals surface area contributed by atoms with Gasteiger partial charge in [0.15, 0.2) is 0 Å². The molecule has 1 heterocycles. The van der Waals surface area contributed by atoms with E-state index >= 15 is 0 Å². The van der Waals surface area contributed by atoms with Gasteiger partial charge in [0.25, 0.3) is 0 Å². The monoisotopic (exact) mass is 260 g/mol. The molecule has 3 nitrogen and oxygen atoms in total. The van der Waals surface area contributed by atoms with Crippen LogP contribution in [0, 0.1) is 5.92 Å². The summed E-state index contributed by atoms with van der Waals surface area (Å²) in [7, 11) is 0. The van der Waals surface area contributed by atoms with Gasteiger partial charge in [-0.3, -0.25) is 4.79 Å². The molecule has 19 heavy (non-hydrogen) atoms. The van der Waals surface area contributed by atoms with Crippen molar-refractivity contribution < 1.29 is 4.79 Å². The van der Waals surface area contributed by atoms with Gasteiger partial charge in [-0.1, -0.05) is 32.0 Å². The van der Waals surface area contributed by atoms with E-state index < -0.39 is 6.04 Å². The minimum absolute atomic E-state index is 0.0633. The second-order valence-corrected chi connectivity index (χ2v) is 5.96. The van der Waals surface area contributed by atoms with Crippen molar-refractivity contribution in [3.63, 3.8) is 0 Å². The first-order chi connectivity index (χ1) is 9.00. The van der Waals surface area contributed by atoms with Crippen LogP contribution >= 0.6 is 0 Å².